The van der Waals surface area contributed by atoms with E-state index in [9.17, 15) is 0 Å². The Labute approximate surface area is 502 Å². The predicted molar refractivity (Wildman–Crippen MR) is 371 cm³/mol. The van der Waals surface area contributed by atoms with Gasteiger partial charge in [0.2, 0.25) is 0 Å². The topological polar surface area (TPSA) is 0 Å². The van der Waals surface area contributed by atoms with Gasteiger partial charge in [-0.1, -0.05) is 321 Å². The molecule has 1 aliphatic rings. The maximum atomic E-state index is 4.12. The third-order valence-electron chi connectivity index (χ3n) is 16.7. The Morgan fingerprint density at radius 3 is 1.57 bits per heavy atom. The van der Waals surface area contributed by atoms with Crippen LogP contribution >= 0.6 is 0 Å². The van der Waals surface area contributed by atoms with Crippen molar-refractivity contribution in [2.24, 2.45) is 11.3 Å². The van der Waals surface area contributed by atoms with Crippen molar-refractivity contribution >= 4 is 22.3 Å². The zero-order valence-corrected chi connectivity index (χ0v) is 56.3. The smallest absolute Gasteiger partial charge is 0.0215 e. The fourth-order valence-electron chi connectivity index (χ4n) is 10.9. The Morgan fingerprint density at radius 2 is 1.05 bits per heavy atom. The van der Waals surface area contributed by atoms with E-state index in [4.69, 9.17) is 0 Å². The Bertz CT molecular complexity index is 2700. The van der Waals surface area contributed by atoms with Gasteiger partial charge in [-0.2, -0.15) is 0 Å². The molecule has 5 aromatic carbocycles. The normalized spacial score (nSPS) is 13.4. The molecular weight excluding hydrogens is 973 g/mol. The van der Waals surface area contributed by atoms with E-state index in [1.807, 2.05) is 52.0 Å². The zero-order valence-electron chi connectivity index (χ0n) is 56.3. The summed E-state index contributed by atoms with van der Waals surface area (Å²) in [6.07, 6.45) is 29.4. The largest absolute Gasteiger partial charge is 0.0949 e. The number of hydrogen-bond acceptors (Lipinski definition) is 0. The van der Waals surface area contributed by atoms with Crippen molar-refractivity contribution in [1.82, 2.24) is 0 Å². The quantitative estimate of drug-likeness (QED) is 0.0452. The maximum absolute atomic E-state index is 4.12. The van der Waals surface area contributed by atoms with E-state index in [2.05, 4.69) is 234 Å². The molecule has 5 aromatic rings. The summed E-state index contributed by atoms with van der Waals surface area (Å²) in [6, 6.07) is 40.6. The number of fused-ring (bicyclic) bond motifs is 3. The third-order valence-corrected chi connectivity index (χ3v) is 16.7. The van der Waals surface area contributed by atoms with Crippen LogP contribution in [0, 0.1) is 25.2 Å². The van der Waals surface area contributed by atoms with E-state index in [0.717, 1.165) is 19.3 Å². The second kappa shape index (κ2) is 37.1. The first-order chi connectivity index (χ1) is 38.7. The number of rotatable bonds is 23. The van der Waals surface area contributed by atoms with E-state index in [1.54, 1.807) is 11.1 Å². The van der Waals surface area contributed by atoms with Gasteiger partial charge in [-0.15, -0.1) is 0 Å². The first kappa shape index (κ1) is 71.9. The van der Waals surface area contributed by atoms with Crippen LogP contribution < -0.4 is 0 Å². The average molecular weight is 1090 g/mol. The minimum absolute atomic E-state index is 0.0754. The van der Waals surface area contributed by atoms with Crippen molar-refractivity contribution in [2.75, 3.05) is 0 Å². The molecule has 81 heavy (non-hydrogen) atoms. The van der Waals surface area contributed by atoms with Crippen LogP contribution in [0.1, 0.15) is 283 Å². The van der Waals surface area contributed by atoms with Gasteiger partial charge in [0, 0.05) is 5.41 Å². The predicted octanol–water partition coefficient (Wildman–Crippen LogP) is 26.3. The fraction of sp³-hybridized carbons (Fsp3) is 0.506. The standard InChI is InChI=1S/C59H86.C15H14.C3H8.2C2H6/c1-16-20-23-25-38-59(39-26-24-21-17-2)55-40-48(31-34-53(55)54-35-32-49(41-56(54)59)58(13,14)15)43(6)28-30-47(27-22-18-3)51-36-37-52(46(9)45(51)8)50(42(5)19-4)33-29-44(7)57(10,11)12;1-13(15-10-6-3-7-11-15)12-14-8-4-2-5-9-14;1-3-2;2*1-2/h28-37,40-42H,16-27,38-39H2,1-15H3;2-11H,1,12H2;3H2,1-2H3;2*1-2H3/b43-28+,44-29+,47-30+,50-33+;;;;/t42-;;;;/m0..../s1. The second-order valence-electron chi connectivity index (χ2n) is 24.9. The number of benzene rings is 5. The van der Waals surface area contributed by atoms with Gasteiger partial charge in [0.15, 0.2) is 0 Å². The third kappa shape index (κ3) is 21.5. The van der Waals surface area contributed by atoms with Crippen LogP contribution in [0.3, 0.4) is 0 Å². The molecule has 0 saturated carbocycles. The Kier molecular flexibility index (Phi) is 32.9. The van der Waals surface area contributed by atoms with Gasteiger partial charge in [-0.25, -0.2) is 0 Å². The summed E-state index contributed by atoms with van der Waals surface area (Å²) < 4.78 is 0. The highest BCUT2D eigenvalue weighted by atomic mass is 14.5. The van der Waals surface area contributed by atoms with Crippen molar-refractivity contribution in [3.8, 4) is 11.1 Å². The van der Waals surface area contributed by atoms with Crippen LogP contribution in [-0.4, -0.2) is 0 Å². The van der Waals surface area contributed by atoms with E-state index in [1.165, 1.54) is 167 Å². The molecule has 0 aromatic heterocycles. The summed E-state index contributed by atoms with van der Waals surface area (Å²) in [5.41, 5.74) is 24.4. The van der Waals surface area contributed by atoms with Gasteiger partial charge in [-0.05, 0) is 178 Å². The van der Waals surface area contributed by atoms with Crippen molar-refractivity contribution < 1.29 is 0 Å². The van der Waals surface area contributed by atoms with Gasteiger partial charge in [-0.3, -0.25) is 0 Å². The molecule has 0 radical (unpaired) electrons. The molecule has 1 atom stereocenters. The number of unbranched alkanes of at least 4 members (excludes halogenated alkanes) is 7. The van der Waals surface area contributed by atoms with Crippen molar-refractivity contribution in [3.63, 3.8) is 0 Å². The molecular formula is C81H120. The summed E-state index contributed by atoms with van der Waals surface area (Å²) in [6.45, 7) is 51.5. The van der Waals surface area contributed by atoms with Crippen molar-refractivity contribution in [3.05, 3.63) is 201 Å². The Balaban J connectivity index is 0.000000850. The van der Waals surface area contributed by atoms with Crippen LogP contribution in [0.4, 0.5) is 0 Å². The summed E-state index contributed by atoms with van der Waals surface area (Å²) in [5.74, 6) is 0.496. The molecule has 0 unspecified atom stereocenters. The highest BCUT2D eigenvalue weighted by molar-refractivity contribution is 5.85. The summed E-state index contributed by atoms with van der Waals surface area (Å²) in [4.78, 5) is 0. The highest BCUT2D eigenvalue weighted by Crippen LogP contribution is 2.55. The molecule has 0 spiro atoms. The lowest BCUT2D eigenvalue weighted by molar-refractivity contribution is 0.400. The lowest BCUT2D eigenvalue weighted by Crippen LogP contribution is -2.26. The van der Waals surface area contributed by atoms with Gasteiger partial charge < -0.3 is 0 Å². The molecule has 0 bridgehead atoms. The van der Waals surface area contributed by atoms with Gasteiger partial charge in [0.05, 0.1) is 0 Å². The maximum Gasteiger partial charge on any atom is 0.0215 e. The molecule has 0 nitrogen and oxygen atoms in total. The minimum Gasteiger partial charge on any atom is -0.0949 e. The SMILES string of the molecule is C=C(Cc1ccccc1)c1ccccc1.CC.CC.CCC.CCCCCCC1(CCCCCC)c2cc(/C(C)=C/C=C(\CCCC)c3ccc(/C(=C/C=C(\C)C(C)(C)C)[C@@H](C)CC)c(C)c3C)ccc2-c2ccc(C(C)(C)C)cc21. The number of allylic oxidation sites excluding steroid dienone is 9. The van der Waals surface area contributed by atoms with E-state index < -0.39 is 0 Å². The van der Waals surface area contributed by atoms with E-state index >= 15 is 0 Å². The molecule has 0 heterocycles. The van der Waals surface area contributed by atoms with E-state index in [-0.39, 0.29) is 16.2 Å². The van der Waals surface area contributed by atoms with Crippen LogP contribution in [-0.2, 0) is 17.3 Å². The second-order valence-corrected chi connectivity index (χ2v) is 24.9. The average Bonchev–Trinajstić information content (AvgIpc) is 3.73. The molecule has 0 saturated heterocycles. The van der Waals surface area contributed by atoms with Crippen LogP contribution in [0.25, 0.3) is 33.4 Å². The van der Waals surface area contributed by atoms with Crippen LogP contribution in [0.5, 0.6) is 0 Å². The molecule has 0 heteroatoms. The van der Waals surface area contributed by atoms with Crippen molar-refractivity contribution in [1.29, 1.82) is 0 Å². The molecule has 0 aliphatic heterocycles. The lowest BCUT2D eigenvalue weighted by atomic mass is 9.69. The zero-order chi connectivity index (χ0) is 60.8. The molecule has 0 amide bonds. The lowest BCUT2D eigenvalue weighted by Gasteiger charge is -2.34. The first-order valence-corrected chi connectivity index (χ1v) is 32.7. The molecule has 1 aliphatic carbocycles. The van der Waals surface area contributed by atoms with Gasteiger partial charge >= 0.3 is 0 Å². The first-order valence-electron chi connectivity index (χ1n) is 32.7. The van der Waals surface area contributed by atoms with Crippen LogP contribution in [0.2, 0.25) is 0 Å². The molecule has 0 fully saturated rings. The molecule has 444 valence electrons. The summed E-state index contributed by atoms with van der Waals surface area (Å²) in [7, 11) is 0. The van der Waals surface area contributed by atoms with E-state index in [0.29, 0.717) is 5.92 Å². The molecule has 0 N–H and O–H groups in total. The minimum atomic E-state index is 0.0754. The summed E-state index contributed by atoms with van der Waals surface area (Å²) >= 11 is 0. The van der Waals surface area contributed by atoms with Crippen LogP contribution in [0.15, 0.2) is 146 Å². The fourth-order valence-corrected chi connectivity index (χ4v) is 10.9. The Morgan fingerprint density at radius 1 is 0.543 bits per heavy atom. The highest BCUT2D eigenvalue weighted by Gasteiger charge is 2.43. The summed E-state index contributed by atoms with van der Waals surface area (Å²) in [5, 5.41) is 0. The van der Waals surface area contributed by atoms with Crippen molar-refractivity contribution in [2.45, 2.75) is 259 Å². The Hall–Kier alpha value is -5.20. The monoisotopic (exact) mass is 1090 g/mol. The van der Waals surface area contributed by atoms with Gasteiger partial charge in [0.1, 0.15) is 0 Å². The number of hydrogen-bond donors (Lipinski definition) is 0. The van der Waals surface area contributed by atoms with Gasteiger partial charge in [0.25, 0.3) is 0 Å². The molecule has 6 rings (SSSR count).